The molecule has 0 aromatic heterocycles. The smallest absolute Gasteiger partial charge is 0.313 e. The van der Waals surface area contributed by atoms with Crippen LogP contribution in [-0.2, 0) is 16.0 Å². The number of ether oxygens (including phenoxy) is 1. The summed E-state index contributed by atoms with van der Waals surface area (Å²) in [4.78, 5) is 28.7. The number of carbonyl (C=O) groups is 2. The maximum Gasteiger partial charge on any atom is 0.313 e. The average molecular weight is 427 g/mol. The van der Waals surface area contributed by atoms with Crippen molar-refractivity contribution in [1.29, 1.82) is 0 Å². The highest BCUT2D eigenvalue weighted by atomic mass is 16.5. The van der Waals surface area contributed by atoms with Gasteiger partial charge in [0.2, 0.25) is 0 Å². The van der Waals surface area contributed by atoms with Crippen LogP contribution < -0.4 is 15.4 Å². The summed E-state index contributed by atoms with van der Waals surface area (Å²) in [5.41, 5.74) is 1.41. The van der Waals surface area contributed by atoms with Crippen molar-refractivity contribution < 1.29 is 19.4 Å². The molecule has 0 aliphatic carbocycles. The molecular formula is C23H30N4O4. The summed E-state index contributed by atoms with van der Waals surface area (Å²) in [5.74, 6) is -0.525. The van der Waals surface area contributed by atoms with Crippen molar-refractivity contribution in [2.24, 2.45) is 0 Å². The van der Waals surface area contributed by atoms with Crippen LogP contribution in [0.25, 0.3) is 0 Å². The highest BCUT2D eigenvalue weighted by Crippen LogP contribution is 2.16. The summed E-state index contributed by atoms with van der Waals surface area (Å²) >= 11 is 0. The molecule has 2 aromatic carbocycles. The fraction of sp³-hybridized carbons (Fsp3) is 0.391. The molecule has 8 heteroatoms. The molecule has 2 aromatic rings. The van der Waals surface area contributed by atoms with Crippen LogP contribution in [0.4, 0.5) is 5.69 Å². The van der Waals surface area contributed by atoms with Crippen LogP contribution in [0, 0.1) is 0 Å². The Balaban J connectivity index is 1.35. The lowest BCUT2D eigenvalue weighted by Gasteiger charge is -2.32. The van der Waals surface area contributed by atoms with E-state index >= 15 is 0 Å². The number of likely N-dealkylation sites (N-methyl/N-ethyl adjacent to an activating group) is 1. The van der Waals surface area contributed by atoms with Crippen LogP contribution in [0.15, 0.2) is 48.5 Å². The highest BCUT2D eigenvalue weighted by Gasteiger charge is 2.14. The second kappa shape index (κ2) is 11.3. The van der Waals surface area contributed by atoms with Gasteiger partial charge in [-0.15, -0.1) is 0 Å². The quantitative estimate of drug-likeness (QED) is 0.551. The lowest BCUT2D eigenvalue weighted by atomic mass is 10.1. The van der Waals surface area contributed by atoms with Gasteiger partial charge in [-0.3, -0.25) is 14.5 Å². The van der Waals surface area contributed by atoms with Gasteiger partial charge in [0.15, 0.2) is 0 Å². The van der Waals surface area contributed by atoms with E-state index in [0.717, 1.165) is 44.0 Å². The Morgan fingerprint density at radius 1 is 1.03 bits per heavy atom. The Hall–Kier alpha value is -3.10. The Bertz CT molecular complexity index is 864. The van der Waals surface area contributed by atoms with Crippen molar-refractivity contribution in [3.05, 3.63) is 54.1 Å². The molecule has 0 saturated carbocycles. The normalized spacial score (nSPS) is 14.7. The van der Waals surface area contributed by atoms with Crippen LogP contribution in [0.1, 0.15) is 5.56 Å². The second-order valence-electron chi connectivity index (χ2n) is 7.65. The topological polar surface area (TPSA) is 94.1 Å². The molecule has 1 aliphatic rings. The largest absolute Gasteiger partial charge is 0.508 e. The van der Waals surface area contributed by atoms with Gasteiger partial charge < -0.3 is 25.4 Å². The zero-order chi connectivity index (χ0) is 22.1. The lowest BCUT2D eigenvalue weighted by Crippen LogP contribution is -2.45. The summed E-state index contributed by atoms with van der Waals surface area (Å²) in [6.45, 7) is 6.07. The molecule has 0 atom stereocenters. The maximum atomic E-state index is 12.1. The summed E-state index contributed by atoms with van der Waals surface area (Å²) < 4.78 is 5.78. The van der Waals surface area contributed by atoms with E-state index in [1.54, 1.807) is 42.5 Å². The van der Waals surface area contributed by atoms with Gasteiger partial charge >= 0.3 is 11.8 Å². The van der Waals surface area contributed by atoms with Gasteiger partial charge in [-0.05, 0) is 55.4 Å². The molecule has 0 spiro atoms. The molecule has 3 rings (SSSR count). The summed E-state index contributed by atoms with van der Waals surface area (Å²) in [7, 11) is 2.13. The number of nitrogens with zero attached hydrogens (tertiary/aromatic N) is 2. The fourth-order valence-corrected chi connectivity index (χ4v) is 3.30. The third kappa shape index (κ3) is 7.58. The van der Waals surface area contributed by atoms with Gasteiger partial charge in [0.1, 0.15) is 18.1 Å². The molecule has 8 nitrogen and oxygen atoms in total. The van der Waals surface area contributed by atoms with Gasteiger partial charge in [-0.25, -0.2) is 0 Å². The molecule has 1 fully saturated rings. The number of anilines is 1. The van der Waals surface area contributed by atoms with Crippen LogP contribution in [-0.4, -0.2) is 79.6 Å². The van der Waals surface area contributed by atoms with Crippen LogP contribution >= 0.6 is 0 Å². The number of nitrogens with one attached hydrogen (secondary N) is 2. The van der Waals surface area contributed by atoms with Gasteiger partial charge in [-0.1, -0.05) is 12.1 Å². The number of carbonyl (C=O) groups excluding carboxylic acids is 2. The first kappa shape index (κ1) is 22.6. The molecule has 1 saturated heterocycles. The van der Waals surface area contributed by atoms with Crippen molar-refractivity contribution >= 4 is 17.5 Å². The van der Waals surface area contributed by atoms with Crippen molar-refractivity contribution in [1.82, 2.24) is 15.1 Å². The monoisotopic (exact) mass is 426 g/mol. The minimum Gasteiger partial charge on any atom is -0.508 e. The molecule has 1 heterocycles. The molecule has 0 bridgehead atoms. The average Bonchev–Trinajstić information content (AvgIpc) is 2.76. The summed E-state index contributed by atoms with van der Waals surface area (Å²) in [6.07, 6.45) is 0.521. The Labute approximate surface area is 182 Å². The third-order valence-electron chi connectivity index (χ3n) is 5.20. The first-order valence-corrected chi connectivity index (χ1v) is 10.5. The number of hydrogen-bond acceptors (Lipinski definition) is 6. The van der Waals surface area contributed by atoms with Crippen LogP contribution in [0.3, 0.4) is 0 Å². The number of aromatic hydroxyl groups is 1. The molecule has 0 radical (unpaired) electrons. The van der Waals surface area contributed by atoms with E-state index in [1.165, 1.54) is 0 Å². The number of phenols is 1. The number of amides is 2. The zero-order valence-electron chi connectivity index (χ0n) is 17.8. The molecule has 2 amide bonds. The molecule has 3 N–H and O–H groups in total. The van der Waals surface area contributed by atoms with Crippen molar-refractivity contribution in [2.75, 3.05) is 58.2 Å². The van der Waals surface area contributed by atoms with E-state index in [9.17, 15) is 14.7 Å². The minimum atomic E-state index is -0.723. The van der Waals surface area contributed by atoms with Crippen LogP contribution in [0.2, 0.25) is 0 Å². The Morgan fingerprint density at radius 3 is 2.48 bits per heavy atom. The van der Waals surface area contributed by atoms with Gasteiger partial charge in [-0.2, -0.15) is 0 Å². The number of piperazine rings is 1. The van der Waals surface area contributed by atoms with E-state index in [0.29, 0.717) is 25.3 Å². The fourth-order valence-electron chi connectivity index (χ4n) is 3.30. The van der Waals surface area contributed by atoms with Crippen molar-refractivity contribution in [3.8, 4) is 11.5 Å². The Kier molecular flexibility index (Phi) is 8.26. The minimum absolute atomic E-state index is 0.174. The van der Waals surface area contributed by atoms with Gasteiger partial charge in [0.05, 0.1) is 0 Å². The van der Waals surface area contributed by atoms with Crippen molar-refractivity contribution in [2.45, 2.75) is 6.42 Å². The first-order valence-electron chi connectivity index (χ1n) is 10.5. The predicted octanol–water partition coefficient (Wildman–Crippen LogP) is 1.32. The first-order chi connectivity index (χ1) is 15.0. The summed E-state index contributed by atoms with van der Waals surface area (Å²) in [6, 6.07) is 13.8. The standard InChI is InChI=1S/C23H30N4O4/c1-26-11-13-27(14-12-26)15-16-31-21-7-5-19(6-8-21)25-23(30)22(29)24-10-9-18-3-2-4-20(28)17-18/h2-8,17,28H,9-16H2,1H3,(H,24,29)(H,25,30). The van der Waals surface area contributed by atoms with Gasteiger partial charge in [0.25, 0.3) is 0 Å². The van der Waals surface area contributed by atoms with E-state index in [4.69, 9.17) is 4.74 Å². The van der Waals surface area contributed by atoms with Gasteiger partial charge in [0, 0.05) is 45.0 Å². The van der Waals surface area contributed by atoms with Crippen molar-refractivity contribution in [3.63, 3.8) is 0 Å². The summed E-state index contributed by atoms with van der Waals surface area (Å²) in [5, 5.41) is 14.6. The van der Waals surface area contributed by atoms with E-state index in [1.807, 2.05) is 6.07 Å². The molecule has 1 aliphatic heterocycles. The number of benzene rings is 2. The lowest BCUT2D eigenvalue weighted by molar-refractivity contribution is -0.136. The highest BCUT2D eigenvalue weighted by molar-refractivity contribution is 6.39. The third-order valence-corrected chi connectivity index (χ3v) is 5.20. The molecule has 0 unspecified atom stereocenters. The number of hydrogen-bond donors (Lipinski definition) is 3. The Morgan fingerprint density at radius 2 is 1.77 bits per heavy atom. The molecule has 31 heavy (non-hydrogen) atoms. The SMILES string of the molecule is CN1CCN(CCOc2ccc(NC(=O)C(=O)NCCc3cccc(O)c3)cc2)CC1. The second-order valence-corrected chi connectivity index (χ2v) is 7.65. The van der Waals surface area contributed by atoms with E-state index in [-0.39, 0.29) is 5.75 Å². The van der Waals surface area contributed by atoms with E-state index < -0.39 is 11.8 Å². The van der Waals surface area contributed by atoms with Crippen LogP contribution in [0.5, 0.6) is 11.5 Å². The number of rotatable bonds is 8. The van der Waals surface area contributed by atoms with E-state index in [2.05, 4.69) is 27.5 Å². The molecular weight excluding hydrogens is 396 g/mol. The number of phenolic OH excluding ortho intramolecular Hbond substituents is 1. The maximum absolute atomic E-state index is 12.1. The zero-order valence-corrected chi connectivity index (χ0v) is 17.8. The molecule has 166 valence electrons. The predicted molar refractivity (Wildman–Crippen MR) is 119 cm³/mol.